The van der Waals surface area contributed by atoms with Crippen molar-refractivity contribution < 1.29 is 23.6 Å². The molecule has 3 aromatic rings. The molecule has 5 heterocycles. The number of H-pyrrole nitrogens is 2. The zero-order chi connectivity index (χ0) is 36.1. The van der Waals surface area contributed by atoms with Crippen LogP contribution < -0.4 is 10.9 Å². The maximum Gasteiger partial charge on any atom is 0.318 e. The van der Waals surface area contributed by atoms with E-state index in [9.17, 15) is 19.2 Å². The van der Waals surface area contributed by atoms with Gasteiger partial charge in [-0.1, -0.05) is 25.3 Å². The second kappa shape index (κ2) is 15.6. The number of carbonyl (C=O) groups is 3. The fourth-order valence-corrected chi connectivity index (χ4v) is 8.13. The lowest BCUT2D eigenvalue weighted by Gasteiger charge is -2.45. The Bertz CT molecular complexity index is 1810. The molecule has 272 valence electrons. The number of fused-ring (bicyclic) bond motifs is 1. The van der Waals surface area contributed by atoms with Crippen LogP contribution in [0.5, 0.6) is 0 Å². The van der Waals surface area contributed by atoms with Crippen molar-refractivity contribution in [2.24, 2.45) is 0 Å². The third-order valence-electron chi connectivity index (χ3n) is 11.2. The molecule has 0 aliphatic carbocycles. The van der Waals surface area contributed by atoms with Crippen molar-refractivity contribution in [1.82, 2.24) is 35.2 Å². The van der Waals surface area contributed by atoms with Crippen LogP contribution in [0.4, 0.5) is 4.79 Å². The van der Waals surface area contributed by atoms with Crippen LogP contribution in [0.15, 0.2) is 42.3 Å². The number of likely N-dealkylation sites (tertiary alicyclic amines) is 2. The van der Waals surface area contributed by atoms with Gasteiger partial charge < -0.3 is 24.8 Å². The summed E-state index contributed by atoms with van der Waals surface area (Å²) in [5, 5.41) is 11.3. The van der Waals surface area contributed by atoms with Gasteiger partial charge in [0.2, 0.25) is 12.6 Å². The number of carbonyl (C=O) groups excluding carboxylic acids is 3. The number of piperidine rings is 2. The zero-order valence-corrected chi connectivity index (χ0v) is 29.9. The number of amides is 3. The van der Waals surface area contributed by atoms with E-state index in [2.05, 4.69) is 51.7 Å². The molecule has 3 fully saturated rings. The first-order valence-electron chi connectivity index (χ1n) is 18.0. The smallest absolute Gasteiger partial charge is 0.318 e. The minimum Gasteiger partial charge on any atom is -0.417 e. The van der Waals surface area contributed by atoms with Gasteiger partial charge in [0.1, 0.15) is 6.04 Å². The van der Waals surface area contributed by atoms with E-state index < -0.39 is 6.04 Å². The molecule has 3 amide bonds. The molecule has 13 nitrogen and oxygen atoms in total. The molecule has 0 spiro atoms. The molecule has 2 aromatic heterocycles. The third-order valence-corrected chi connectivity index (χ3v) is 11.2. The molecule has 51 heavy (non-hydrogen) atoms. The number of pyridine rings is 1. The van der Waals surface area contributed by atoms with E-state index in [4.69, 9.17) is 4.74 Å². The van der Waals surface area contributed by atoms with E-state index >= 15 is 0 Å². The number of hydrogen-bond acceptors (Lipinski definition) is 7. The van der Waals surface area contributed by atoms with Gasteiger partial charge >= 0.3 is 6.03 Å². The summed E-state index contributed by atoms with van der Waals surface area (Å²) >= 11 is 0. The highest BCUT2D eigenvalue weighted by Crippen LogP contribution is 2.28. The Hall–Kier alpha value is -4.75. The van der Waals surface area contributed by atoms with Crippen molar-refractivity contribution in [3.8, 4) is 0 Å². The molecule has 0 radical (unpaired) electrons. The Kier molecular flexibility index (Phi) is 11.1. The van der Waals surface area contributed by atoms with Crippen LogP contribution in [-0.4, -0.2) is 131 Å². The predicted molar refractivity (Wildman–Crippen MR) is 197 cm³/mol. The number of aromatic nitrogens is 3. The van der Waals surface area contributed by atoms with Crippen molar-refractivity contribution in [2.45, 2.75) is 57.0 Å². The third kappa shape index (κ3) is 8.10. The van der Waals surface area contributed by atoms with Crippen molar-refractivity contribution >= 4 is 41.5 Å². The lowest BCUT2D eigenvalue weighted by molar-refractivity contribution is -0.930. The van der Waals surface area contributed by atoms with Crippen LogP contribution in [0, 0.1) is 6.92 Å². The fourth-order valence-electron chi connectivity index (χ4n) is 8.13. The van der Waals surface area contributed by atoms with Crippen LogP contribution in [0.25, 0.3) is 23.1 Å². The number of benzene rings is 1. The molecule has 3 aliphatic heterocycles. The Morgan fingerprint density at radius 2 is 1.76 bits per heavy atom. The minimum absolute atomic E-state index is 0.00952. The van der Waals surface area contributed by atoms with E-state index in [1.165, 1.54) is 0 Å². The Labute approximate surface area is 298 Å². The number of ether oxygens (including phenoxy) is 1. The van der Waals surface area contributed by atoms with Gasteiger partial charge in [0.25, 0.3) is 12.0 Å². The van der Waals surface area contributed by atoms with Gasteiger partial charge in [0, 0.05) is 81.2 Å². The summed E-state index contributed by atoms with van der Waals surface area (Å²) in [4.78, 5) is 60.7. The first kappa shape index (κ1) is 36.1. The molecular formula is C38H51N8O5+. The van der Waals surface area contributed by atoms with E-state index in [0.717, 1.165) is 71.1 Å². The first-order valence-corrected chi connectivity index (χ1v) is 18.0. The Morgan fingerprint density at radius 3 is 2.43 bits per heavy atom. The molecule has 13 heteroatoms. The van der Waals surface area contributed by atoms with Crippen LogP contribution >= 0.6 is 0 Å². The lowest BCUT2D eigenvalue weighted by Crippen LogP contribution is -2.60. The number of aryl methyl sites for hydroxylation is 1. The average Bonchev–Trinajstić information content (AvgIpc) is 3.63. The van der Waals surface area contributed by atoms with Crippen LogP contribution in [-0.2, 0) is 20.7 Å². The van der Waals surface area contributed by atoms with Crippen LogP contribution in [0.3, 0.4) is 0 Å². The number of nitrogens with one attached hydrogen (secondary N) is 3. The van der Waals surface area contributed by atoms with Crippen molar-refractivity contribution in [3.05, 3.63) is 75.9 Å². The number of aromatic amines is 2. The molecule has 1 aromatic carbocycles. The molecule has 1 unspecified atom stereocenters. The predicted octanol–water partition coefficient (Wildman–Crippen LogP) is 3.23. The summed E-state index contributed by atoms with van der Waals surface area (Å²) in [5.74, 6) is -0.0668. The van der Waals surface area contributed by atoms with E-state index in [-0.39, 0.29) is 23.4 Å². The number of nitrogens with zero attached hydrogens (tertiary/aromatic N) is 5. The molecule has 3 N–H and O–H groups in total. The largest absolute Gasteiger partial charge is 0.417 e. The number of quaternary nitrogens is 1. The standard InChI is InChI=1S/C38H50N8O5/c1-5-28-22-32(36(48)40-33(28)6-2)29-7-11-45(12-8-29)38(50)41-34(21-27-19-26(3)35-30(20-27)23-39-42-35)37(49)44-15-13-43(14-16-44)31-9-17-46(4,18-10-31)24-51-25-47/h5-6,19-20,22-23,25,29,31,34H,1-2,7-18,21,24H2,3-4H3,(H2-,39,40,41,42,48,50)/p+1. The SMILES string of the molecule is C=Cc1cc(C2CCN(C(=O)NC(Cc3cc(C)c4[nH]ncc4c3)C(=O)N3CCN(C4CC[N+](C)(COC=O)CC4)CC3)CC2)c(=O)[nH]c1C=C. The summed E-state index contributed by atoms with van der Waals surface area (Å²) in [6, 6.07) is 5.40. The van der Waals surface area contributed by atoms with E-state index in [1.54, 1.807) is 23.2 Å². The van der Waals surface area contributed by atoms with Gasteiger partial charge in [0.15, 0.2) is 0 Å². The summed E-state index contributed by atoms with van der Waals surface area (Å²) < 4.78 is 5.80. The second-order valence-corrected chi connectivity index (χ2v) is 14.6. The van der Waals surface area contributed by atoms with Crippen LogP contribution in [0.2, 0.25) is 0 Å². The van der Waals surface area contributed by atoms with Crippen LogP contribution in [0.1, 0.15) is 59.5 Å². The minimum atomic E-state index is -0.736. The number of urea groups is 1. The Morgan fingerprint density at radius 1 is 1.04 bits per heavy atom. The number of rotatable bonds is 11. The number of piperazine rings is 1. The van der Waals surface area contributed by atoms with Gasteiger partial charge in [0.05, 0.1) is 31.9 Å². The quantitative estimate of drug-likeness (QED) is 0.206. The highest BCUT2D eigenvalue weighted by molar-refractivity contribution is 5.88. The van der Waals surface area contributed by atoms with Gasteiger partial charge in [-0.25, -0.2) is 4.79 Å². The topological polar surface area (TPSA) is 144 Å². The highest BCUT2D eigenvalue weighted by atomic mass is 16.5. The monoisotopic (exact) mass is 699 g/mol. The molecule has 0 bridgehead atoms. The number of hydrogen-bond donors (Lipinski definition) is 3. The van der Waals surface area contributed by atoms with E-state index in [0.29, 0.717) is 75.9 Å². The van der Waals surface area contributed by atoms with Crippen molar-refractivity contribution in [2.75, 3.05) is 66.1 Å². The lowest BCUT2D eigenvalue weighted by atomic mass is 9.89. The van der Waals surface area contributed by atoms with Gasteiger partial charge in [-0.15, -0.1) is 0 Å². The van der Waals surface area contributed by atoms with Gasteiger partial charge in [-0.2, -0.15) is 5.10 Å². The maximum atomic E-state index is 14.2. The Balaban J connectivity index is 1.11. The zero-order valence-electron chi connectivity index (χ0n) is 29.9. The molecular weight excluding hydrogens is 648 g/mol. The molecule has 6 rings (SSSR count). The molecule has 3 aliphatic rings. The average molecular weight is 700 g/mol. The summed E-state index contributed by atoms with van der Waals surface area (Å²) in [6.07, 6.45) is 8.77. The second-order valence-electron chi connectivity index (χ2n) is 14.6. The highest BCUT2D eigenvalue weighted by Gasteiger charge is 2.37. The first-order chi connectivity index (χ1) is 24.6. The summed E-state index contributed by atoms with van der Waals surface area (Å²) in [6.45, 7) is 16.2. The van der Waals surface area contributed by atoms with Gasteiger partial charge in [-0.05, 0) is 60.6 Å². The molecule has 3 saturated heterocycles. The van der Waals surface area contributed by atoms with Gasteiger partial charge in [-0.3, -0.25) is 28.9 Å². The summed E-state index contributed by atoms with van der Waals surface area (Å²) in [7, 11) is 2.13. The summed E-state index contributed by atoms with van der Waals surface area (Å²) in [5.41, 5.74) is 4.98. The molecule has 1 atom stereocenters. The molecule has 0 saturated carbocycles. The normalized spacial score (nSPS) is 22.4. The fraction of sp³-hybridized carbons (Fsp3) is 0.500. The van der Waals surface area contributed by atoms with Crippen molar-refractivity contribution in [3.63, 3.8) is 0 Å². The van der Waals surface area contributed by atoms with E-state index in [1.807, 2.05) is 24.0 Å². The van der Waals surface area contributed by atoms with Crippen molar-refractivity contribution in [1.29, 1.82) is 0 Å². The maximum absolute atomic E-state index is 14.2.